The van der Waals surface area contributed by atoms with Crippen LogP contribution in [0.2, 0.25) is 0 Å². The van der Waals surface area contributed by atoms with Crippen LogP contribution < -0.4 is 4.74 Å². The maximum absolute atomic E-state index is 13.7. The van der Waals surface area contributed by atoms with Crippen LogP contribution >= 0.6 is 0 Å². The number of fused-ring (bicyclic) bond motifs is 1. The topological polar surface area (TPSA) is 73.3 Å². The van der Waals surface area contributed by atoms with Crippen molar-refractivity contribution in [3.05, 3.63) is 95.2 Å². The monoisotopic (exact) mass is 431 g/mol. The Labute approximate surface area is 181 Å². The first-order valence-corrected chi connectivity index (χ1v) is 11.2. The molecule has 0 saturated heterocycles. The number of benzene rings is 3. The summed E-state index contributed by atoms with van der Waals surface area (Å²) >= 11 is 0. The molecule has 31 heavy (non-hydrogen) atoms. The first-order valence-electron chi connectivity index (χ1n) is 9.72. The Hall–Kier alpha value is -3.51. The van der Waals surface area contributed by atoms with E-state index in [4.69, 9.17) is 4.74 Å². The summed E-state index contributed by atoms with van der Waals surface area (Å²) in [6.45, 7) is 3.87. The summed E-state index contributed by atoms with van der Waals surface area (Å²) in [6, 6.07) is 18.4. The number of nitrogens with zero attached hydrogens (tertiary/aromatic N) is 1. The lowest BCUT2D eigenvalue weighted by atomic mass is 9.99. The summed E-state index contributed by atoms with van der Waals surface area (Å²) in [5.74, 6) is 0.0874. The van der Waals surface area contributed by atoms with E-state index in [0.717, 1.165) is 11.1 Å². The summed E-state index contributed by atoms with van der Waals surface area (Å²) < 4.78 is 32.7. The van der Waals surface area contributed by atoms with Gasteiger partial charge in [-0.25, -0.2) is 8.42 Å². The van der Waals surface area contributed by atoms with Crippen molar-refractivity contribution in [3.63, 3.8) is 0 Å². The second kappa shape index (κ2) is 7.96. The number of rotatable bonds is 5. The van der Waals surface area contributed by atoms with E-state index in [-0.39, 0.29) is 15.4 Å². The van der Waals surface area contributed by atoms with Crippen molar-refractivity contribution in [2.75, 3.05) is 7.11 Å². The third kappa shape index (κ3) is 3.70. The second-order valence-electron chi connectivity index (χ2n) is 7.33. The van der Waals surface area contributed by atoms with Gasteiger partial charge >= 0.3 is 0 Å². The third-order valence-corrected chi connectivity index (χ3v) is 7.23. The molecule has 4 rings (SSSR count). The predicted molar refractivity (Wildman–Crippen MR) is 120 cm³/mol. The lowest BCUT2D eigenvalue weighted by Crippen LogP contribution is -2.13. The highest BCUT2D eigenvalue weighted by Gasteiger charge is 2.28. The minimum absolute atomic E-state index is 0.0351. The lowest BCUT2D eigenvalue weighted by Gasteiger charge is -2.14. The van der Waals surface area contributed by atoms with Crippen LogP contribution in [-0.4, -0.2) is 26.3 Å². The molecule has 0 aliphatic carbocycles. The van der Waals surface area contributed by atoms with E-state index in [1.165, 1.54) is 25.4 Å². The number of hydrogen-bond donors (Lipinski definition) is 0. The molecule has 0 fully saturated rings. The van der Waals surface area contributed by atoms with Crippen LogP contribution in [0.5, 0.6) is 5.75 Å². The molecule has 156 valence electrons. The second-order valence-corrected chi connectivity index (χ2v) is 9.22. The number of hydrogen-bond acceptors (Lipinski definition) is 5. The molecule has 0 atom stereocenters. The maximum atomic E-state index is 13.7. The van der Waals surface area contributed by atoms with E-state index >= 15 is 0 Å². The summed E-state index contributed by atoms with van der Waals surface area (Å²) in [7, 11) is -2.50. The SMILES string of the molecule is COc1ccc2ncc(C(=O)c3ccc(C)c(C)c3)c(S(=O)(=O)c3ccccc3)c2c1. The number of sulfone groups is 1. The normalized spacial score (nSPS) is 11.5. The van der Waals surface area contributed by atoms with Gasteiger partial charge in [0.05, 0.1) is 28.0 Å². The zero-order valence-corrected chi connectivity index (χ0v) is 18.2. The van der Waals surface area contributed by atoms with Crippen molar-refractivity contribution in [1.82, 2.24) is 4.98 Å². The molecule has 0 saturated carbocycles. The van der Waals surface area contributed by atoms with Gasteiger partial charge in [0.15, 0.2) is 5.78 Å². The minimum Gasteiger partial charge on any atom is -0.497 e. The molecular formula is C25H21NO4S. The van der Waals surface area contributed by atoms with E-state index < -0.39 is 15.6 Å². The highest BCUT2D eigenvalue weighted by molar-refractivity contribution is 7.91. The minimum atomic E-state index is -4.01. The lowest BCUT2D eigenvalue weighted by molar-refractivity contribution is 0.103. The van der Waals surface area contributed by atoms with Gasteiger partial charge in [0.25, 0.3) is 0 Å². The van der Waals surface area contributed by atoms with Gasteiger partial charge in [-0.15, -0.1) is 0 Å². The van der Waals surface area contributed by atoms with Gasteiger partial charge in [0.1, 0.15) is 5.75 Å². The van der Waals surface area contributed by atoms with Crippen molar-refractivity contribution < 1.29 is 17.9 Å². The Morgan fingerprint density at radius 1 is 0.903 bits per heavy atom. The van der Waals surface area contributed by atoms with Crippen LogP contribution in [0.15, 0.2) is 82.7 Å². The molecule has 0 spiro atoms. The predicted octanol–water partition coefficient (Wildman–Crippen LogP) is 4.92. The molecular weight excluding hydrogens is 410 g/mol. The average molecular weight is 432 g/mol. The first kappa shape index (κ1) is 20.8. The van der Waals surface area contributed by atoms with E-state index in [0.29, 0.717) is 22.2 Å². The van der Waals surface area contributed by atoms with Gasteiger partial charge < -0.3 is 4.74 Å². The van der Waals surface area contributed by atoms with Crippen molar-refractivity contribution in [1.29, 1.82) is 0 Å². The summed E-state index contributed by atoms with van der Waals surface area (Å²) in [4.78, 5) is 17.9. The van der Waals surface area contributed by atoms with Gasteiger partial charge in [-0.1, -0.05) is 30.3 Å². The fourth-order valence-electron chi connectivity index (χ4n) is 3.48. The summed E-state index contributed by atoms with van der Waals surface area (Å²) in [5.41, 5.74) is 2.92. The van der Waals surface area contributed by atoms with Gasteiger partial charge in [0, 0.05) is 17.1 Å². The van der Waals surface area contributed by atoms with Gasteiger partial charge in [0.2, 0.25) is 9.84 Å². The molecule has 4 aromatic rings. The standard InChI is InChI=1S/C25H21NO4S/c1-16-9-10-18(13-17(16)2)24(27)22-15-26-23-12-11-19(30-3)14-21(23)25(22)31(28,29)20-7-5-4-6-8-20/h4-15H,1-3H3. The molecule has 0 amide bonds. The number of carbonyl (C=O) groups excluding carboxylic acids is 1. The van der Waals surface area contributed by atoms with E-state index in [9.17, 15) is 13.2 Å². The van der Waals surface area contributed by atoms with Crippen LogP contribution in [0.3, 0.4) is 0 Å². The molecule has 1 heterocycles. The largest absolute Gasteiger partial charge is 0.497 e. The average Bonchev–Trinajstić information content (AvgIpc) is 2.79. The van der Waals surface area contributed by atoms with Crippen molar-refractivity contribution in [3.8, 4) is 5.75 Å². The van der Waals surface area contributed by atoms with Crippen LogP contribution in [0.1, 0.15) is 27.0 Å². The fraction of sp³-hybridized carbons (Fsp3) is 0.120. The Bertz CT molecular complexity index is 1410. The zero-order chi connectivity index (χ0) is 22.2. The van der Waals surface area contributed by atoms with E-state index in [1.54, 1.807) is 48.5 Å². The molecule has 0 N–H and O–H groups in total. The molecule has 6 heteroatoms. The fourth-order valence-corrected chi connectivity index (χ4v) is 5.12. The summed E-state index contributed by atoms with van der Waals surface area (Å²) in [5, 5.41) is 0.345. The van der Waals surface area contributed by atoms with Gasteiger partial charge in [-0.05, 0) is 61.4 Å². The van der Waals surface area contributed by atoms with Crippen LogP contribution in [0.25, 0.3) is 10.9 Å². The van der Waals surface area contributed by atoms with Gasteiger partial charge in [-0.3, -0.25) is 9.78 Å². The molecule has 0 aliphatic heterocycles. The summed E-state index contributed by atoms with van der Waals surface area (Å²) in [6.07, 6.45) is 1.35. The van der Waals surface area contributed by atoms with E-state index in [1.807, 2.05) is 19.9 Å². The van der Waals surface area contributed by atoms with Gasteiger partial charge in [-0.2, -0.15) is 0 Å². The van der Waals surface area contributed by atoms with Crippen molar-refractivity contribution in [2.24, 2.45) is 0 Å². The van der Waals surface area contributed by atoms with Crippen molar-refractivity contribution in [2.45, 2.75) is 23.6 Å². The Kier molecular flexibility index (Phi) is 5.33. The molecule has 0 unspecified atom stereocenters. The van der Waals surface area contributed by atoms with Crippen molar-refractivity contribution >= 4 is 26.5 Å². The van der Waals surface area contributed by atoms with E-state index in [2.05, 4.69) is 4.98 Å². The third-order valence-electron chi connectivity index (χ3n) is 5.36. The first-order chi connectivity index (χ1) is 14.8. The quantitative estimate of drug-likeness (QED) is 0.419. The number of methoxy groups -OCH3 is 1. The molecule has 5 nitrogen and oxygen atoms in total. The number of aryl methyl sites for hydroxylation is 2. The highest BCUT2D eigenvalue weighted by Crippen LogP contribution is 2.34. The van der Waals surface area contributed by atoms with Crippen LogP contribution in [-0.2, 0) is 9.84 Å². The Morgan fingerprint density at radius 3 is 2.32 bits per heavy atom. The maximum Gasteiger partial charge on any atom is 0.208 e. The zero-order valence-electron chi connectivity index (χ0n) is 17.4. The van der Waals surface area contributed by atoms with Crippen LogP contribution in [0, 0.1) is 13.8 Å². The molecule has 0 bridgehead atoms. The number of aromatic nitrogens is 1. The smallest absolute Gasteiger partial charge is 0.208 e. The number of carbonyl (C=O) groups is 1. The Balaban J connectivity index is 2.05. The molecule has 0 aliphatic rings. The van der Waals surface area contributed by atoms with Crippen LogP contribution in [0.4, 0.5) is 0 Å². The number of ether oxygens (including phenoxy) is 1. The molecule has 3 aromatic carbocycles. The molecule has 1 aromatic heterocycles. The molecule has 0 radical (unpaired) electrons. The Morgan fingerprint density at radius 2 is 1.65 bits per heavy atom. The highest BCUT2D eigenvalue weighted by atomic mass is 32.2. The number of ketones is 1. The number of pyridine rings is 1.